The van der Waals surface area contributed by atoms with Gasteiger partial charge in [0.05, 0.1) is 11.3 Å². The highest BCUT2D eigenvalue weighted by atomic mass is 16.7. The molecule has 0 aliphatic carbocycles. The van der Waals surface area contributed by atoms with Gasteiger partial charge in [-0.3, -0.25) is 9.63 Å². The molecule has 0 saturated carbocycles. The van der Waals surface area contributed by atoms with Crippen molar-refractivity contribution in [2.75, 3.05) is 4.90 Å². The second kappa shape index (κ2) is 5.01. The number of nitrogens with one attached hydrogen (secondary N) is 1. The first kappa shape index (κ1) is 13.5. The Balaban J connectivity index is 2.19. The molecule has 0 spiro atoms. The zero-order valence-corrected chi connectivity index (χ0v) is 11.4. The lowest BCUT2D eigenvalue weighted by molar-refractivity contribution is -0.118. The monoisotopic (exact) mass is 262 g/mol. The largest absolute Gasteiger partial charge is 0.352 e. The topological polar surface area (TPSA) is 58.6 Å². The third kappa shape index (κ3) is 3.12. The molecule has 19 heavy (non-hydrogen) atoms. The lowest BCUT2D eigenvalue weighted by atomic mass is 10.0. The van der Waals surface area contributed by atoms with Crippen LogP contribution >= 0.6 is 0 Å². The molecule has 0 fully saturated rings. The molecular formula is C14H18N2O3. The second-order valence-electron chi connectivity index (χ2n) is 5.48. The fourth-order valence-electron chi connectivity index (χ4n) is 1.89. The Morgan fingerprint density at radius 3 is 2.63 bits per heavy atom. The van der Waals surface area contributed by atoms with Crippen LogP contribution in [-0.4, -0.2) is 17.5 Å². The molecule has 1 aliphatic rings. The van der Waals surface area contributed by atoms with E-state index in [2.05, 4.69) is 5.48 Å². The van der Waals surface area contributed by atoms with Gasteiger partial charge in [-0.2, -0.15) is 0 Å². The highest BCUT2D eigenvalue weighted by Gasteiger charge is 2.30. The Hall–Kier alpha value is -1.88. The van der Waals surface area contributed by atoms with Crippen molar-refractivity contribution in [1.29, 1.82) is 0 Å². The number of imide groups is 1. The van der Waals surface area contributed by atoms with E-state index in [-0.39, 0.29) is 5.91 Å². The van der Waals surface area contributed by atoms with Crippen molar-refractivity contribution >= 4 is 17.6 Å². The van der Waals surface area contributed by atoms with Crippen LogP contribution in [0.25, 0.3) is 0 Å². The number of carbonyl (C=O) groups excluding carboxylic acids is 2. The summed E-state index contributed by atoms with van der Waals surface area (Å²) >= 11 is 0. The van der Waals surface area contributed by atoms with Crippen LogP contribution in [0.5, 0.6) is 0 Å². The minimum absolute atomic E-state index is 0.214. The van der Waals surface area contributed by atoms with Crippen molar-refractivity contribution < 1.29 is 14.4 Å². The highest BCUT2D eigenvalue weighted by Crippen LogP contribution is 2.27. The van der Waals surface area contributed by atoms with Gasteiger partial charge < -0.3 is 0 Å². The van der Waals surface area contributed by atoms with Gasteiger partial charge in [0, 0.05) is 6.42 Å². The van der Waals surface area contributed by atoms with Gasteiger partial charge in [0.2, 0.25) is 5.91 Å². The molecule has 1 heterocycles. The van der Waals surface area contributed by atoms with E-state index in [0.717, 1.165) is 10.5 Å². The zero-order chi connectivity index (χ0) is 14.0. The fraction of sp³-hybridized carbons (Fsp3) is 0.429. The molecule has 0 atom stereocenters. The van der Waals surface area contributed by atoms with E-state index in [4.69, 9.17) is 4.84 Å². The minimum Gasteiger partial charge on any atom is -0.274 e. The van der Waals surface area contributed by atoms with Gasteiger partial charge in [-0.15, -0.1) is 0 Å². The lowest BCUT2D eigenvalue weighted by Gasteiger charge is -2.29. The predicted octanol–water partition coefficient (Wildman–Crippen LogP) is 2.41. The molecule has 0 radical (unpaired) electrons. The Morgan fingerprint density at radius 1 is 1.26 bits per heavy atom. The summed E-state index contributed by atoms with van der Waals surface area (Å²) in [5, 5.41) is 0. The van der Waals surface area contributed by atoms with Crippen LogP contribution in [-0.2, 0) is 16.1 Å². The molecule has 0 saturated heterocycles. The third-order valence-corrected chi connectivity index (χ3v) is 2.74. The summed E-state index contributed by atoms with van der Waals surface area (Å²) in [6, 6.07) is 6.85. The molecule has 0 bridgehead atoms. The Morgan fingerprint density at radius 2 is 1.95 bits per heavy atom. The van der Waals surface area contributed by atoms with Crippen LogP contribution in [0, 0.1) is 0 Å². The predicted molar refractivity (Wildman–Crippen MR) is 71.6 cm³/mol. The van der Waals surface area contributed by atoms with Gasteiger partial charge in [0.25, 0.3) is 0 Å². The number of fused-ring (bicyclic) bond motifs is 1. The van der Waals surface area contributed by atoms with E-state index in [1.165, 1.54) is 0 Å². The van der Waals surface area contributed by atoms with Crippen molar-refractivity contribution in [1.82, 2.24) is 5.48 Å². The summed E-state index contributed by atoms with van der Waals surface area (Å²) in [5.41, 5.74) is 3.45. The summed E-state index contributed by atoms with van der Waals surface area (Å²) in [6.45, 7) is 5.46. The normalized spacial score (nSPS) is 15.1. The molecule has 5 heteroatoms. The third-order valence-electron chi connectivity index (χ3n) is 2.74. The van der Waals surface area contributed by atoms with E-state index in [1.807, 2.05) is 39.0 Å². The van der Waals surface area contributed by atoms with Crippen molar-refractivity contribution in [3.05, 3.63) is 29.8 Å². The highest BCUT2D eigenvalue weighted by molar-refractivity contribution is 6.15. The first-order valence-corrected chi connectivity index (χ1v) is 6.27. The minimum atomic E-state index is -0.549. The number of benzene rings is 1. The summed E-state index contributed by atoms with van der Waals surface area (Å²) < 4.78 is 0. The molecule has 1 aliphatic heterocycles. The van der Waals surface area contributed by atoms with Gasteiger partial charge in [-0.05, 0) is 38.8 Å². The standard InChI is InChI=1S/C14H18N2O3/c1-14(2,3)19-15-13(18)16-11-7-5-4-6-10(11)8-9-12(16)17/h4-7H,8-9H2,1-3H3,(H,15,18). The summed E-state index contributed by atoms with van der Waals surface area (Å²) in [4.78, 5) is 30.4. The molecule has 5 nitrogen and oxygen atoms in total. The summed E-state index contributed by atoms with van der Waals surface area (Å²) in [5.74, 6) is -0.214. The Labute approximate surface area is 112 Å². The smallest absolute Gasteiger partial charge is 0.274 e. The fourth-order valence-corrected chi connectivity index (χ4v) is 1.89. The van der Waals surface area contributed by atoms with Crippen LogP contribution in [0.3, 0.4) is 0 Å². The molecule has 2 rings (SSSR count). The van der Waals surface area contributed by atoms with Crippen LogP contribution in [0.2, 0.25) is 0 Å². The van der Waals surface area contributed by atoms with Crippen LogP contribution in [0.4, 0.5) is 10.5 Å². The summed E-state index contributed by atoms with van der Waals surface area (Å²) in [7, 11) is 0. The quantitative estimate of drug-likeness (QED) is 0.791. The molecule has 1 aromatic rings. The lowest BCUT2D eigenvalue weighted by Crippen LogP contribution is -2.48. The van der Waals surface area contributed by atoms with E-state index < -0.39 is 11.6 Å². The SMILES string of the molecule is CC(C)(C)ONC(=O)N1C(=O)CCc2ccccc21. The van der Waals surface area contributed by atoms with E-state index in [0.29, 0.717) is 18.5 Å². The number of para-hydroxylation sites is 1. The maximum absolute atomic E-state index is 12.1. The number of aryl methyl sites for hydroxylation is 1. The van der Waals surface area contributed by atoms with Crippen molar-refractivity contribution in [2.45, 2.75) is 39.2 Å². The molecular weight excluding hydrogens is 244 g/mol. The molecule has 102 valence electrons. The number of carbonyl (C=O) groups is 2. The van der Waals surface area contributed by atoms with E-state index in [9.17, 15) is 9.59 Å². The van der Waals surface area contributed by atoms with Gasteiger partial charge in [0.15, 0.2) is 0 Å². The first-order chi connectivity index (χ1) is 8.88. The van der Waals surface area contributed by atoms with Crippen LogP contribution < -0.4 is 10.4 Å². The van der Waals surface area contributed by atoms with Crippen molar-refractivity contribution in [3.8, 4) is 0 Å². The number of hydrogen-bond donors (Lipinski definition) is 1. The van der Waals surface area contributed by atoms with E-state index in [1.54, 1.807) is 6.07 Å². The molecule has 1 aromatic carbocycles. The van der Waals surface area contributed by atoms with Gasteiger partial charge in [0.1, 0.15) is 0 Å². The van der Waals surface area contributed by atoms with Crippen molar-refractivity contribution in [3.63, 3.8) is 0 Å². The first-order valence-electron chi connectivity index (χ1n) is 6.27. The summed E-state index contributed by atoms with van der Waals surface area (Å²) in [6.07, 6.45) is 0.999. The maximum Gasteiger partial charge on any atom is 0.352 e. The molecule has 3 amide bonds. The van der Waals surface area contributed by atoms with Crippen LogP contribution in [0.1, 0.15) is 32.8 Å². The molecule has 0 aromatic heterocycles. The zero-order valence-electron chi connectivity index (χ0n) is 11.4. The van der Waals surface area contributed by atoms with Gasteiger partial charge >= 0.3 is 6.03 Å². The number of urea groups is 1. The number of rotatable bonds is 1. The number of nitrogens with zero attached hydrogens (tertiary/aromatic N) is 1. The van der Waals surface area contributed by atoms with E-state index >= 15 is 0 Å². The average molecular weight is 262 g/mol. The Kier molecular flexibility index (Phi) is 3.57. The second-order valence-corrected chi connectivity index (χ2v) is 5.48. The number of hydroxylamine groups is 1. The molecule has 1 N–H and O–H groups in total. The number of hydrogen-bond acceptors (Lipinski definition) is 3. The number of amides is 3. The Bertz CT molecular complexity index is 506. The van der Waals surface area contributed by atoms with Crippen molar-refractivity contribution in [2.24, 2.45) is 0 Å². The van der Waals surface area contributed by atoms with Crippen LogP contribution in [0.15, 0.2) is 24.3 Å². The number of anilines is 1. The maximum atomic E-state index is 12.1. The van der Waals surface area contributed by atoms with Gasteiger partial charge in [-0.25, -0.2) is 15.2 Å². The van der Waals surface area contributed by atoms with Gasteiger partial charge in [-0.1, -0.05) is 18.2 Å². The molecule has 0 unspecified atom stereocenters. The average Bonchev–Trinajstić information content (AvgIpc) is 2.35.